The first-order valence-corrected chi connectivity index (χ1v) is 5.35. The molecule has 1 aromatic rings. The van der Waals surface area contributed by atoms with E-state index in [1.807, 2.05) is 6.92 Å². The summed E-state index contributed by atoms with van der Waals surface area (Å²) in [6.45, 7) is 1.95. The van der Waals surface area contributed by atoms with Gasteiger partial charge in [-0.15, -0.1) is 0 Å². The number of aliphatic hydroxyl groups excluding tert-OH is 1. The first-order valence-electron chi connectivity index (χ1n) is 5.35. The SMILES string of the molecule is CCC(N)CC(O)c1ccc(OC)c(F)c1. The molecule has 16 heavy (non-hydrogen) atoms. The molecule has 4 heteroatoms. The number of ether oxygens (including phenoxy) is 1. The second-order valence-electron chi connectivity index (χ2n) is 3.81. The second-order valence-corrected chi connectivity index (χ2v) is 3.81. The molecule has 2 unspecified atom stereocenters. The van der Waals surface area contributed by atoms with Crippen LogP contribution in [0.1, 0.15) is 31.4 Å². The Balaban J connectivity index is 2.76. The Bertz CT molecular complexity index is 344. The molecule has 0 aliphatic rings. The van der Waals surface area contributed by atoms with E-state index in [4.69, 9.17) is 10.5 Å². The van der Waals surface area contributed by atoms with Crippen LogP contribution in [0.2, 0.25) is 0 Å². The molecule has 3 N–H and O–H groups in total. The van der Waals surface area contributed by atoms with E-state index >= 15 is 0 Å². The van der Waals surface area contributed by atoms with Crippen molar-refractivity contribution in [3.63, 3.8) is 0 Å². The fraction of sp³-hybridized carbons (Fsp3) is 0.500. The zero-order chi connectivity index (χ0) is 12.1. The average Bonchev–Trinajstić information content (AvgIpc) is 2.28. The van der Waals surface area contributed by atoms with E-state index in [-0.39, 0.29) is 11.8 Å². The van der Waals surface area contributed by atoms with Gasteiger partial charge in [-0.3, -0.25) is 0 Å². The van der Waals surface area contributed by atoms with Gasteiger partial charge in [-0.1, -0.05) is 13.0 Å². The van der Waals surface area contributed by atoms with Crippen LogP contribution in [-0.2, 0) is 0 Å². The normalized spacial score (nSPS) is 14.6. The van der Waals surface area contributed by atoms with Crippen molar-refractivity contribution in [3.05, 3.63) is 29.6 Å². The molecule has 0 heterocycles. The molecule has 0 aliphatic carbocycles. The third kappa shape index (κ3) is 3.18. The van der Waals surface area contributed by atoms with Gasteiger partial charge >= 0.3 is 0 Å². The Kier molecular flexibility index (Phi) is 4.71. The van der Waals surface area contributed by atoms with Crippen LogP contribution in [0.5, 0.6) is 5.75 Å². The lowest BCUT2D eigenvalue weighted by atomic mass is 10.0. The number of methoxy groups -OCH3 is 1. The maximum Gasteiger partial charge on any atom is 0.165 e. The molecule has 1 rings (SSSR count). The smallest absolute Gasteiger partial charge is 0.165 e. The number of rotatable bonds is 5. The summed E-state index contributed by atoms with van der Waals surface area (Å²) in [5, 5.41) is 9.82. The summed E-state index contributed by atoms with van der Waals surface area (Å²) in [7, 11) is 1.40. The van der Waals surface area contributed by atoms with E-state index in [2.05, 4.69) is 0 Å². The van der Waals surface area contributed by atoms with Gasteiger partial charge in [-0.05, 0) is 30.5 Å². The lowest BCUT2D eigenvalue weighted by molar-refractivity contribution is 0.156. The Morgan fingerprint density at radius 2 is 2.19 bits per heavy atom. The molecule has 2 atom stereocenters. The topological polar surface area (TPSA) is 55.5 Å². The van der Waals surface area contributed by atoms with Gasteiger partial charge in [0.2, 0.25) is 0 Å². The number of hydrogen-bond donors (Lipinski definition) is 2. The third-order valence-corrected chi connectivity index (χ3v) is 2.61. The summed E-state index contributed by atoms with van der Waals surface area (Å²) in [5.41, 5.74) is 6.26. The van der Waals surface area contributed by atoms with Gasteiger partial charge in [-0.2, -0.15) is 0 Å². The minimum Gasteiger partial charge on any atom is -0.494 e. The minimum absolute atomic E-state index is 0.0693. The fourth-order valence-corrected chi connectivity index (χ4v) is 1.48. The summed E-state index contributed by atoms with van der Waals surface area (Å²) in [4.78, 5) is 0. The van der Waals surface area contributed by atoms with E-state index in [1.165, 1.54) is 19.2 Å². The van der Waals surface area contributed by atoms with Crippen molar-refractivity contribution in [1.82, 2.24) is 0 Å². The van der Waals surface area contributed by atoms with Crippen molar-refractivity contribution in [2.45, 2.75) is 31.9 Å². The monoisotopic (exact) mass is 227 g/mol. The van der Waals surface area contributed by atoms with Crippen LogP contribution >= 0.6 is 0 Å². The van der Waals surface area contributed by atoms with Gasteiger partial charge in [0.25, 0.3) is 0 Å². The van der Waals surface area contributed by atoms with E-state index in [1.54, 1.807) is 6.07 Å². The van der Waals surface area contributed by atoms with Crippen molar-refractivity contribution >= 4 is 0 Å². The summed E-state index contributed by atoms with van der Waals surface area (Å²) >= 11 is 0. The third-order valence-electron chi connectivity index (χ3n) is 2.61. The van der Waals surface area contributed by atoms with Crippen molar-refractivity contribution in [1.29, 1.82) is 0 Å². The number of halogens is 1. The first kappa shape index (κ1) is 12.9. The fourth-order valence-electron chi connectivity index (χ4n) is 1.48. The quantitative estimate of drug-likeness (QED) is 0.808. The van der Waals surface area contributed by atoms with E-state index in [0.717, 1.165) is 6.42 Å². The predicted molar refractivity (Wildman–Crippen MR) is 60.8 cm³/mol. The van der Waals surface area contributed by atoms with E-state index in [0.29, 0.717) is 12.0 Å². The minimum atomic E-state index is -0.727. The van der Waals surface area contributed by atoms with Gasteiger partial charge < -0.3 is 15.6 Å². The maximum atomic E-state index is 13.4. The molecular weight excluding hydrogens is 209 g/mol. The van der Waals surface area contributed by atoms with E-state index < -0.39 is 11.9 Å². The Hall–Kier alpha value is -1.13. The molecule has 0 saturated carbocycles. The summed E-state index contributed by atoms with van der Waals surface area (Å²) < 4.78 is 18.2. The summed E-state index contributed by atoms with van der Waals surface area (Å²) in [6, 6.07) is 4.37. The van der Waals surface area contributed by atoms with Crippen LogP contribution in [0.15, 0.2) is 18.2 Å². The van der Waals surface area contributed by atoms with Crippen LogP contribution in [0.3, 0.4) is 0 Å². The summed E-state index contributed by atoms with van der Waals surface area (Å²) in [6.07, 6.45) is 0.494. The zero-order valence-corrected chi connectivity index (χ0v) is 9.61. The molecule has 0 fully saturated rings. The molecule has 0 radical (unpaired) electrons. The standard InChI is InChI=1S/C12H18FNO2/c1-3-9(14)7-11(15)8-4-5-12(16-2)10(13)6-8/h4-6,9,11,15H,3,7,14H2,1-2H3. The Morgan fingerprint density at radius 1 is 1.50 bits per heavy atom. The Morgan fingerprint density at radius 3 is 2.69 bits per heavy atom. The van der Waals surface area contributed by atoms with Crippen LogP contribution in [0.4, 0.5) is 4.39 Å². The zero-order valence-electron chi connectivity index (χ0n) is 9.61. The Labute approximate surface area is 95.0 Å². The first-order chi connectivity index (χ1) is 7.58. The number of aliphatic hydroxyl groups is 1. The second kappa shape index (κ2) is 5.82. The molecule has 0 amide bonds. The molecule has 0 aliphatic heterocycles. The lowest BCUT2D eigenvalue weighted by Crippen LogP contribution is -2.21. The lowest BCUT2D eigenvalue weighted by Gasteiger charge is -2.15. The van der Waals surface area contributed by atoms with Crippen molar-refractivity contribution in [2.24, 2.45) is 5.73 Å². The van der Waals surface area contributed by atoms with Crippen LogP contribution in [0, 0.1) is 5.82 Å². The molecule has 0 saturated heterocycles. The highest BCUT2D eigenvalue weighted by Crippen LogP contribution is 2.24. The van der Waals surface area contributed by atoms with Gasteiger partial charge in [0, 0.05) is 6.04 Å². The van der Waals surface area contributed by atoms with Crippen LogP contribution in [-0.4, -0.2) is 18.3 Å². The van der Waals surface area contributed by atoms with Gasteiger partial charge in [-0.25, -0.2) is 4.39 Å². The van der Waals surface area contributed by atoms with Crippen molar-refractivity contribution in [2.75, 3.05) is 7.11 Å². The highest BCUT2D eigenvalue weighted by atomic mass is 19.1. The number of nitrogens with two attached hydrogens (primary N) is 1. The predicted octanol–water partition coefficient (Wildman–Crippen LogP) is 2.00. The summed E-state index contributed by atoms with van der Waals surface area (Å²) in [5.74, 6) is -0.292. The number of benzene rings is 1. The molecular formula is C12H18FNO2. The van der Waals surface area contributed by atoms with Crippen molar-refractivity contribution < 1.29 is 14.2 Å². The van der Waals surface area contributed by atoms with Crippen LogP contribution < -0.4 is 10.5 Å². The van der Waals surface area contributed by atoms with Gasteiger partial charge in [0.1, 0.15) is 0 Å². The van der Waals surface area contributed by atoms with E-state index in [9.17, 15) is 9.50 Å². The molecule has 90 valence electrons. The molecule has 0 aromatic heterocycles. The van der Waals surface area contributed by atoms with Crippen LogP contribution in [0.25, 0.3) is 0 Å². The highest BCUT2D eigenvalue weighted by Gasteiger charge is 2.13. The molecule has 3 nitrogen and oxygen atoms in total. The average molecular weight is 227 g/mol. The largest absolute Gasteiger partial charge is 0.494 e. The highest BCUT2D eigenvalue weighted by molar-refractivity contribution is 5.30. The molecule has 0 spiro atoms. The maximum absolute atomic E-state index is 13.4. The van der Waals surface area contributed by atoms with Gasteiger partial charge in [0.15, 0.2) is 11.6 Å². The number of hydrogen-bond acceptors (Lipinski definition) is 3. The van der Waals surface area contributed by atoms with Crippen molar-refractivity contribution in [3.8, 4) is 5.75 Å². The van der Waals surface area contributed by atoms with Gasteiger partial charge in [0.05, 0.1) is 13.2 Å². The molecule has 1 aromatic carbocycles. The molecule has 0 bridgehead atoms.